The number of nitrogen functional groups attached to an aromatic ring is 1. The molecule has 0 aromatic carbocycles. The third kappa shape index (κ3) is 4.82. The van der Waals surface area contributed by atoms with Crippen molar-refractivity contribution in [1.29, 1.82) is 0 Å². The van der Waals surface area contributed by atoms with Crippen LogP contribution in [0.3, 0.4) is 0 Å². The van der Waals surface area contributed by atoms with Gasteiger partial charge in [-0.15, -0.1) is 11.3 Å². The Morgan fingerprint density at radius 3 is 2.47 bits per heavy atom. The molecule has 0 aliphatic heterocycles. The molecule has 1 rings (SSSR count). The van der Waals surface area contributed by atoms with E-state index in [-0.39, 0.29) is 5.91 Å². The predicted molar refractivity (Wildman–Crippen MR) is 81.2 cm³/mol. The van der Waals surface area contributed by atoms with Gasteiger partial charge in [-0.3, -0.25) is 4.79 Å². The summed E-state index contributed by atoms with van der Waals surface area (Å²) in [4.78, 5) is 18.7. The summed E-state index contributed by atoms with van der Waals surface area (Å²) in [5.41, 5.74) is 6.39. The van der Waals surface area contributed by atoms with E-state index in [0.29, 0.717) is 23.5 Å². The smallest absolute Gasteiger partial charge is 0.228 e. The summed E-state index contributed by atoms with van der Waals surface area (Å²) < 4.78 is 0. The highest BCUT2D eigenvalue weighted by molar-refractivity contribution is 7.13. The van der Waals surface area contributed by atoms with Gasteiger partial charge in [0, 0.05) is 18.0 Å². The van der Waals surface area contributed by atoms with Crippen LogP contribution in [0.1, 0.15) is 46.2 Å². The van der Waals surface area contributed by atoms with Crippen LogP contribution in [0, 0.1) is 5.92 Å². The second-order valence-electron chi connectivity index (χ2n) is 5.26. The largest absolute Gasteiger partial charge is 0.375 e. The van der Waals surface area contributed by atoms with E-state index < -0.39 is 0 Å². The average molecular weight is 283 g/mol. The Morgan fingerprint density at radius 2 is 2.05 bits per heavy atom. The topological polar surface area (TPSA) is 59.2 Å². The molecule has 0 saturated heterocycles. The molecule has 108 valence electrons. The van der Waals surface area contributed by atoms with Crippen LogP contribution < -0.4 is 5.73 Å². The Balaban J connectivity index is 2.75. The number of hydrogen-bond acceptors (Lipinski definition) is 4. The number of carbonyl (C=O) groups excluding carboxylic acids is 1. The van der Waals surface area contributed by atoms with Gasteiger partial charge in [0.15, 0.2) is 5.13 Å². The number of nitrogens with zero attached hydrogens (tertiary/aromatic N) is 2. The van der Waals surface area contributed by atoms with Crippen molar-refractivity contribution < 1.29 is 4.79 Å². The molecule has 0 saturated carbocycles. The van der Waals surface area contributed by atoms with Gasteiger partial charge in [-0.2, -0.15) is 0 Å². The third-order valence-corrected chi connectivity index (χ3v) is 3.89. The van der Waals surface area contributed by atoms with Gasteiger partial charge < -0.3 is 10.6 Å². The number of hydrogen-bond donors (Lipinski definition) is 1. The molecule has 0 atom stereocenters. The maximum absolute atomic E-state index is 12.5. The van der Waals surface area contributed by atoms with E-state index in [1.54, 1.807) is 0 Å². The van der Waals surface area contributed by atoms with Crippen LogP contribution in [0.5, 0.6) is 0 Å². The molecule has 1 heterocycles. The van der Waals surface area contributed by atoms with Crippen LogP contribution in [0.15, 0.2) is 5.38 Å². The molecule has 0 unspecified atom stereocenters. The lowest BCUT2D eigenvalue weighted by Gasteiger charge is -2.32. The van der Waals surface area contributed by atoms with Crippen LogP contribution in [-0.2, 0) is 11.2 Å². The van der Waals surface area contributed by atoms with Gasteiger partial charge in [-0.25, -0.2) is 4.98 Å². The summed E-state index contributed by atoms with van der Waals surface area (Å²) in [6.07, 6.45) is 2.35. The Bertz CT molecular complexity index is 399. The lowest BCUT2D eigenvalue weighted by molar-refractivity contribution is -0.133. The molecule has 1 aromatic rings. The maximum Gasteiger partial charge on any atom is 0.228 e. The van der Waals surface area contributed by atoms with Crippen LogP contribution in [-0.4, -0.2) is 28.4 Å². The van der Waals surface area contributed by atoms with Crippen LogP contribution in [0.2, 0.25) is 0 Å². The lowest BCUT2D eigenvalue weighted by Crippen LogP contribution is -2.42. The highest BCUT2D eigenvalue weighted by Crippen LogP contribution is 2.16. The number of carbonyl (C=O) groups is 1. The second-order valence-corrected chi connectivity index (χ2v) is 6.15. The summed E-state index contributed by atoms with van der Waals surface area (Å²) in [7, 11) is 0. The highest BCUT2D eigenvalue weighted by Gasteiger charge is 2.22. The Morgan fingerprint density at radius 1 is 1.42 bits per heavy atom. The number of aromatic nitrogens is 1. The zero-order valence-corrected chi connectivity index (χ0v) is 13.2. The Kier molecular flexibility index (Phi) is 6.28. The fourth-order valence-electron chi connectivity index (χ4n) is 2.24. The van der Waals surface area contributed by atoms with Gasteiger partial charge in [-0.1, -0.05) is 27.7 Å². The van der Waals surface area contributed by atoms with E-state index in [0.717, 1.165) is 25.1 Å². The molecule has 0 aliphatic carbocycles. The van der Waals surface area contributed by atoms with E-state index in [2.05, 4.69) is 32.7 Å². The molecule has 19 heavy (non-hydrogen) atoms. The van der Waals surface area contributed by atoms with Crippen molar-refractivity contribution in [2.45, 2.75) is 53.0 Å². The van der Waals surface area contributed by atoms with Gasteiger partial charge in [0.25, 0.3) is 0 Å². The van der Waals surface area contributed by atoms with Crippen molar-refractivity contribution in [2.24, 2.45) is 5.92 Å². The molecule has 0 spiro atoms. The van der Waals surface area contributed by atoms with E-state index in [1.807, 2.05) is 10.3 Å². The molecular weight excluding hydrogens is 258 g/mol. The van der Waals surface area contributed by atoms with E-state index in [9.17, 15) is 4.79 Å². The van der Waals surface area contributed by atoms with Crippen molar-refractivity contribution >= 4 is 22.4 Å². The fraction of sp³-hybridized carbons (Fsp3) is 0.714. The fourth-order valence-corrected chi connectivity index (χ4v) is 2.80. The molecule has 5 heteroatoms. The van der Waals surface area contributed by atoms with Gasteiger partial charge in [0.1, 0.15) is 0 Å². The molecular formula is C14H25N3OS. The van der Waals surface area contributed by atoms with Crippen molar-refractivity contribution in [3.63, 3.8) is 0 Å². The standard InChI is InChI=1S/C14H25N3OS/c1-5-12(6-2)17(8-10(3)4)13(18)7-11-9-19-14(15)16-11/h9-10,12H,5-8H2,1-4H3,(H2,15,16). The molecule has 0 bridgehead atoms. The van der Waals surface area contributed by atoms with Crippen molar-refractivity contribution in [3.05, 3.63) is 11.1 Å². The Hall–Kier alpha value is -1.10. The Labute approximate surface area is 120 Å². The first kappa shape index (κ1) is 16.0. The van der Waals surface area contributed by atoms with Crippen molar-refractivity contribution in [1.82, 2.24) is 9.88 Å². The third-order valence-electron chi connectivity index (χ3n) is 3.17. The van der Waals surface area contributed by atoms with Gasteiger partial charge in [-0.05, 0) is 18.8 Å². The molecule has 0 radical (unpaired) electrons. The highest BCUT2D eigenvalue weighted by atomic mass is 32.1. The number of amides is 1. The van der Waals surface area contributed by atoms with E-state index >= 15 is 0 Å². The van der Waals surface area contributed by atoms with Crippen LogP contribution in [0.25, 0.3) is 0 Å². The number of anilines is 1. The quantitative estimate of drug-likeness (QED) is 0.837. The first-order valence-electron chi connectivity index (χ1n) is 6.97. The zero-order chi connectivity index (χ0) is 14.4. The van der Waals surface area contributed by atoms with Gasteiger partial charge in [0.2, 0.25) is 5.91 Å². The second kappa shape index (κ2) is 7.48. The molecule has 4 nitrogen and oxygen atoms in total. The summed E-state index contributed by atoms with van der Waals surface area (Å²) in [5.74, 6) is 0.637. The van der Waals surface area contributed by atoms with E-state index in [1.165, 1.54) is 11.3 Å². The molecule has 2 N–H and O–H groups in total. The van der Waals surface area contributed by atoms with Crippen LogP contribution >= 0.6 is 11.3 Å². The van der Waals surface area contributed by atoms with E-state index in [4.69, 9.17) is 5.73 Å². The van der Waals surface area contributed by atoms with Gasteiger partial charge >= 0.3 is 0 Å². The minimum atomic E-state index is 0.160. The normalized spacial score (nSPS) is 11.3. The lowest BCUT2D eigenvalue weighted by atomic mass is 10.1. The zero-order valence-electron chi connectivity index (χ0n) is 12.3. The molecule has 0 fully saturated rings. The van der Waals surface area contributed by atoms with Crippen molar-refractivity contribution in [2.75, 3.05) is 12.3 Å². The first-order valence-corrected chi connectivity index (χ1v) is 7.85. The first-order chi connectivity index (χ1) is 8.97. The summed E-state index contributed by atoms with van der Waals surface area (Å²) in [5, 5.41) is 2.40. The molecule has 0 aliphatic rings. The number of thiazole rings is 1. The number of rotatable bonds is 7. The minimum Gasteiger partial charge on any atom is -0.375 e. The minimum absolute atomic E-state index is 0.160. The molecule has 1 amide bonds. The van der Waals surface area contributed by atoms with Crippen LogP contribution in [0.4, 0.5) is 5.13 Å². The SMILES string of the molecule is CCC(CC)N(CC(C)C)C(=O)Cc1csc(N)n1. The summed E-state index contributed by atoms with van der Waals surface area (Å²) in [6.45, 7) is 9.36. The van der Waals surface area contributed by atoms with Crippen molar-refractivity contribution in [3.8, 4) is 0 Å². The summed E-state index contributed by atoms with van der Waals surface area (Å²) >= 11 is 1.39. The van der Waals surface area contributed by atoms with Gasteiger partial charge in [0.05, 0.1) is 12.1 Å². The number of nitrogens with two attached hydrogens (primary N) is 1. The average Bonchev–Trinajstić information content (AvgIpc) is 2.74. The monoisotopic (exact) mass is 283 g/mol. The molecule has 1 aromatic heterocycles. The maximum atomic E-state index is 12.5. The predicted octanol–water partition coefficient (Wildman–Crippen LogP) is 2.94. The summed E-state index contributed by atoms with van der Waals surface area (Å²) in [6, 6.07) is 0.325.